The lowest BCUT2D eigenvalue weighted by Gasteiger charge is -2.11. The quantitative estimate of drug-likeness (QED) is 0.421. The number of benzene rings is 2. The third-order valence-electron chi connectivity index (χ3n) is 3.58. The van der Waals surface area contributed by atoms with E-state index in [1.807, 2.05) is 55.5 Å². The summed E-state index contributed by atoms with van der Waals surface area (Å²) in [5, 5.41) is 10.3. The van der Waals surface area contributed by atoms with Gasteiger partial charge in [0.15, 0.2) is 11.5 Å². The van der Waals surface area contributed by atoms with Crippen LogP contribution in [0.5, 0.6) is 11.5 Å². The van der Waals surface area contributed by atoms with Crippen LogP contribution in [-0.4, -0.2) is 18.2 Å². The second kappa shape index (κ2) is 8.32. The number of hydrogen-bond acceptors (Lipinski definition) is 5. The monoisotopic (exact) mass is 362 g/mol. The number of para-hydroxylation sites is 1. The van der Waals surface area contributed by atoms with Gasteiger partial charge in [0.2, 0.25) is 0 Å². The fourth-order valence-corrected chi connectivity index (χ4v) is 3.38. The molecule has 0 bridgehead atoms. The minimum absolute atomic E-state index is 0.407. The second-order valence-electron chi connectivity index (χ2n) is 5.40. The summed E-state index contributed by atoms with van der Waals surface area (Å²) >= 11 is 1.51. The van der Waals surface area contributed by atoms with E-state index >= 15 is 0 Å². The van der Waals surface area contributed by atoms with Crippen molar-refractivity contribution in [2.45, 2.75) is 6.92 Å². The lowest BCUT2D eigenvalue weighted by atomic mass is 10.1. The summed E-state index contributed by atoms with van der Waals surface area (Å²) in [5.41, 5.74) is 2.28. The zero-order chi connectivity index (χ0) is 18.4. The van der Waals surface area contributed by atoms with Crippen LogP contribution in [-0.2, 0) is 0 Å². The maximum atomic E-state index is 9.59. The van der Waals surface area contributed by atoms with Crippen LogP contribution < -0.4 is 9.47 Å². The number of aromatic nitrogens is 1. The Morgan fingerprint density at radius 3 is 2.81 bits per heavy atom. The third kappa shape index (κ3) is 3.93. The second-order valence-corrected chi connectivity index (χ2v) is 6.43. The fourth-order valence-electron chi connectivity index (χ4n) is 2.45. The standard InChI is InChI=1S/C21H18N2O2S/c1-3-11-25-18-10-9-15(13-19(18)24-4-2)12-16(14-22)21-23-17-7-5-6-8-20(17)26-21/h3,5-10,12-13H,1,4,11H2,2H3/b16-12+. The predicted molar refractivity (Wildman–Crippen MR) is 106 cm³/mol. The van der Waals surface area contributed by atoms with Crippen LogP contribution in [0.2, 0.25) is 0 Å². The average Bonchev–Trinajstić information content (AvgIpc) is 3.09. The molecule has 1 heterocycles. The van der Waals surface area contributed by atoms with Crippen LogP contribution in [0.4, 0.5) is 0 Å². The molecular formula is C21H18N2O2S. The number of hydrogen-bond donors (Lipinski definition) is 0. The molecule has 5 heteroatoms. The number of nitriles is 1. The van der Waals surface area contributed by atoms with Crippen LogP contribution in [0.3, 0.4) is 0 Å². The molecule has 130 valence electrons. The van der Waals surface area contributed by atoms with E-state index in [2.05, 4.69) is 17.6 Å². The Hall–Kier alpha value is -3.10. The highest BCUT2D eigenvalue weighted by atomic mass is 32.1. The summed E-state index contributed by atoms with van der Waals surface area (Å²) in [6.07, 6.45) is 3.50. The fraction of sp³-hybridized carbons (Fsp3) is 0.143. The number of thiazole rings is 1. The first-order valence-corrected chi connectivity index (χ1v) is 9.05. The summed E-state index contributed by atoms with van der Waals surface area (Å²) in [5.74, 6) is 1.30. The summed E-state index contributed by atoms with van der Waals surface area (Å²) in [7, 11) is 0. The van der Waals surface area contributed by atoms with Crippen LogP contribution in [0.25, 0.3) is 21.9 Å². The Balaban J connectivity index is 1.96. The molecule has 0 saturated heterocycles. The normalized spacial score (nSPS) is 11.2. The van der Waals surface area contributed by atoms with Crippen molar-refractivity contribution in [3.05, 3.63) is 65.7 Å². The molecule has 4 nitrogen and oxygen atoms in total. The van der Waals surface area contributed by atoms with Crippen molar-refractivity contribution in [1.29, 1.82) is 5.26 Å². The van der Waals surface area contributed by atoms with E-state index in [0.29, 0.717) is 35.3 Å². The van der Waals surface area contributed by atoms with Gasteiger partial charge in [-0.1, -0.05) is 30.9 Å². The summed E-state index contributed by atoms with van der Waals surface area (Å²) in [4.78, 5) is 4.56. The van der Waals surface area contributed by atoms with Crippen molar-refractivity contribution < 1.29 is 9.47 Å². The molecule has 0 amide bonds. The smallest absolute Gasteiger partial charge is 0.161 e. The van der Waals surface area contributed by atoms with Gasteiger partial charge in [-0.3, -0.25) is 0 Å². The van der Waals surface area contributed by atoms with Crippen molar-refractivity contribution in [3.8, 4) is 17.6 Å². The molecule has 0 atom stereocenters. The molecule has 0 aliphatic rings. The summed E-state index contributed by atoms with van der Waals surface area (Å²) in [6, 6.07) is 15.7. The number of ether oxygens (including phenoxy) is 2. The summed E-state index contributed by atoms with van der Waals surface area (Å²) < 4.78 is 12.3. The molecule has 2 aromatic carbocycles. The van der Waals surface area contributed by atoms with Crippen molar-refractivity contribution in [2.75, 3.05) is 13.2 Å². The zero-order valence-electron chi connectivity index (χ0n) is 14.4. The molecule has 0 aliphatic heterocycles. The Bertz CT molecular complexity index is 966. The molecule has 0 unspecified atom stereocenters. The molecule has 26 heavy (non-hydrogen) atoms. The van der Waals surface area contributed by atoms with Gasteiger partial charge in [0.1, 0.15) is 17.7 Å². The lowest BCUT2D eigenvalue weighted by Crippen LogP contribution is -1.99. The zero-order valence-corrected chi connectivity index (χ0v) is 15.3. The van der Waals surface area contributed by atoms with Gasteiger partial charge in [0, 0.05) is 0 Å². The molecule has 1 aromatic heterocycles. The van der Waals surface area contributed by atoms with Crippen LogP contribution in [0.15, 0.2) is 55.1 Å². The van der Waals surface area contributed by atoms with Gasteiger partial charge in [0.05, 0.1) is 22.4 Å². The molecule has 0 spiro atoms. The molecule has 0 saturated carbocycles. The third-order valence-corrected chi connectivity index (χ3v) is 4.65. The molecular weight excluding hydrogens is 344 g/mol. The van der Waals surface area contributed by atoms with Gasteiger partial charge in [0.25, 0.3) is 0 Å². The first kappa shape index (κ1) is 17.7. The lowest BCUT2D eigenvalue weighted by molar-refractivity contribution is 0.297. The molecule has 0 N–H and O–H groups in total. The van der Waals surface area contributed by atoms with Gasteiger partial charge in [-0.25, -0.2) is 4.98 Å². The van der Waals surface area contributed by atoms with Crippen LogP contribution >= 0.6 is 11.3 Å². The van der Waals surface area contributed by atoms with Gasteiger partial charge < -0.3 is 9.47 Å². The minimum atomic E-state index is 0.407. The van der Waals surface area contributed by atoms with E-state index in [-0.39, 0.29) is 0 Å². The van der Waals surface area contributed by atoms with E-state index < -0.39 is 0 Å². The van der Waals surface area contributed by atoms with Crippen molar-refractivity contribution in [1.82, 2.24) is 4.98 Å². The molecule has 0 fully saturated rings. The van der Waals surface area contributed by atoms with Gasteiger partial charge in [-0.2, -0.15) is 5.26 Å². The maximum Gasteiger partial charge on any atom is 0.161 e. The van der Waals surface area contributed by atoms with E-state index in [4.69, 9.17) is 9.47 Å². The van der Waals surface area contributed by atoms with Gasteiger partial charge >= 0.3 is 0 Å². The molecule has 0 aliphatic carbocycles. The van der Waals surface area contributed by atoms with E-state index in [1.54, 1.807) is 6.08 Å². The Morgan fingerprint density at radius 2 is 2.08 bits per heavy atom. The predicted octanol–water partition coefficient (Wildman–Crippen LogP) is 5.32. The number of allylic oxidation sites excluding steroid dienone is 1. The summed E-state index contributed by atoms with van der Waals surface area (Å²) in [6.45, 7) is 6.51. The van der Waals surface area contributed by atoms with E-state index in [9.17, 15) is 5.26 Å². The highest BCUT2D eigenvalue weighted by molar-refractivity contribution is 7.19. The van der Waals surface area contributed by atoms with Gasteiger partial charge in [-0.15, -0.1) is 11.3 Å². The highest BCUT2D eigenvalue weighted by Crippen LogP contribution is 2.32. The molecule has 3 aromatic rings. The number of nitrogens with zero attached hydrogens (tertiary/aromatic N) is 2. The first-order chi connectivity index (χ1) is 12.7. The SMILES string of the molecule is C=CCOc1ccc(/C=C(\C#N)c2nc3ccccc3s2)cc1OCC. The van der Waals surface area contributed by atoms with Crippen molar-refractivity contribution in [3.63, 3.8) is 0 Å². The van der Waals surface area contributed by atoms with E-state index in [0.717, 1.165) is 15.8 Å². The number of rotatable bonds is 7. The van der Waals surface area contributed by atoms with Crippen molar-refractivity contribution in [2.24, 2.45) is 0 Å². The topological polar surface area (TPSA) is 55.1 Å². The Morgan fingerprint density at radius 1 is 1.23 bits per heavy atom. The maximum absolute atomic E-state index is 9.59. The van der Waals surface area contributed by atoms with Crippen molar-refractivity contribution >= 4 is 33.2 Å². The first-order valence-electron chi connectivity index (χ1n) is 8.23. The van der Waals surface area contributed by atoms with Crippen LogP contribution in [0.1, 0.15) is 17.5 Å². The number of fused-ring (bicyclic) bond motifs is 1. The molecule has 3 rings (SSSR count). The largest absolute Gasteiger partial charge is 0.490 e. The Kier molecular flexibility index (Phi) is 5.67. The average molecular weight is 362 g/mol. The van der Waals surface area contributed by atoms with E-state index in [1.165, 1.54) is 11.3 Å². The Labute approximate surface area is 156 Å². The minimum Gasteiger partial charge on any atom is -0.490 e. The molecule has 0 radical (unpaired) electrons. The highest BCUT2D eigenvalue weighted by Gasteiger charge is 2.10. The van der Waals surface area contributed by atoms with Gasteiger partial charge in [-0.05, 0) is 42.8 Å². The van der Waals surface area contributed by atoms with Crippen LogP contribution in [0, 0.1) is 11.3 Å².